The van der Waals surface area contributed by atoms with Gasteiger partial charge in [-0.25, -0.2) is 0 Å². The molecular formula is C102H68N8O. The zero-order valence-electron chi connectivity index (χ0n) is 60.2. The molecule has 9 nitrogen and oxygen atoms in total. The van der Waals surface area contributed by atoms with Crippen LogP contribution in [-0.4, -0.2) is 28.5 Å². The predicted octanol–water partition coefficient (Wildman–Crippen LogP) is 27.1. The predicted molar refractivity (Wildman–Crippen MR) is 463 cm³/mol. The minimum atomic E-state index is 0.460. The highest BCUT2D eigenvalue weighted by Crippen LogP contribution is 2.43. The van der Waals surface area contributed by atoms with Crippen molar-refractivity contribution in [1.29, 1.82) is 0 Å². The highest BCUT2D eigenvalue weighted by molar-refractivity contribution is 6.12. The molecule has 0 aliphatic rings. The molecule has 0 unspecified atom stereocenters. The van der Waals surface area contributed by atoms with E-state index in [0.29, 0.717) is 11.8 Å². The second kappa shape index (κ2) is 27.1. The van der Waals surface area contributed by atoms with Crippen molar-refractivity contribution in [3.8, 4) is 45.7 Å². The first-order chi connectivity index (χ1) is 55.0. The average molecular weight is 1420 g/mol. The number of nitrogens with zero attached hydrogens (tertiary/aromatic N) is 8. The Kier molecular flexibility index (Phi) is 15.7. The number of rotatable bonds is 16. The van der Waals surface area contributed by atoms with E-state index >= 15 is 0 Å². The summed E-state index contributed by atoms with van der Waals surface area (Å²) < 4.78 is 15.8. The molecule has 0 bridgehead atoms. The third-order valence-corrected chi connectivity index (χ3v) is 21.8. The topological polar surface area (TPSA) is 65.1 Å². The maximum absolute atomic E-state index is 6.33. The molecule has 0 radical (unpaired) electrons. The first kappa shape index (κ1) is 64.3. The summed E-state index contributed by atoms with van der Waals surface area (Å²) in [5.74, 6) is 0.921. The summed E-state index contributed by atoms with van der Waals surface area (Å²) >= 11 is 0. The van der Waals surface area contributed by atoms with Gasteiger partial charge in [0.2, 0.25) is 11.8 Å². The number of hydrogen-bond acceptors (Lipinski definition) is 5. The van der Waals surface area contributed by atoms with Crippen LogP contribution in [0, 0.1) is 0 Å². The van der Waals surface area contributed by atoms with Crippen LogP contribution in [0.3, 0.4) is 0 Å². The van der Waals surface area contributed by atoms with Crippen LogP contribution in [0.4, 0.5) is 34.1 Å². The largest absolute Gasteiger partial charge is 0.416 e. The summed E-state index contributed by atoms with van der Waals surface area (Å²) in [5.41, 5.74) is 26.1. The lowest BCUT2D eigenvalue weighted by molar-refractivity contribution is 0.584. The summed E-state index contributed by atoms with van der Waals surface area (Å²) in [6.45, 7) is 0. The Bertz CT molecular complexity index is 6180. The van der Waals surface area contributed by atoms with E-state index in [2.05, 4.69) is 427 Å². The van der Waals surface area contributed by atoms with Crippen LogP contribution in [-0.2, 0) is 0 Å². The van der Waals surface area contributed by atoms with Gasteiger partial charge in [-0.1, -0.05) is 218 Å². The molecule has 111 heavy (non-hydrogen) atoms. The molecule has 5 aromatic heterocycles. The molecular weight excluding hydrogens is 1350 g/mol. The van der Waals surface area contributed by atoms with Gasteiger partial charge in [0.15, 0.2) is 0 Å². The van der Waals surface area contributed by atoms with Crippen molar-refractivity contribution < 1.29 is 4.42 Å². The van der Waals surface area contributed by atoms with Crippen molar-refractivity contribution in [3.63, 3.8) is 0 Å². The van der Waals surface area contributed by atoms with Crippen molar-refractivity contribution >= 4 is 146 Å². The molecule has 0 aliphatic heterocycles. The fourth-order valence-corrected chi connectivity index (χ4v) is 16.5. The smallest absolute Gasteiger partial charge is 0.248 e. The highest BCUT2D eigenvalue weighted by atomic mass is 16.4. The van der Waals surface area contributed by atoms with Gasteiger partial charge in [0.05, 0.1) is 44.1 Å². The lowest BCUT2D eigenvalue weighted by Gasteiger charge is -2.26. The van der Waals surface area contributed by atoms with Gasteiger partial charge < -0.3 is 32.5 Å². The molecule has 522 valence electrons. The van der Waals surface area contributed by atoms with Crippen molar-refractivity contribution in [1.82, 2.24) is 28.5 Å². The number of para-hydroxylation sites is 8. The van der Waals surface area contributed by atoms with Crippen molar-refractivity contribution in [2.75, 3.05) is 9.80 Å². The van der Waals surface area contributed by atoms with Crippen LogP contribution >= 0.6 is 0 Å². The lowest BCUT2D eigenvalue weighted by Crippen LogP contribution is -2.10. The molecule has 16 aromatic carbocycles. The Labute approximate surface area is 640 Å². The fourth-order valence-electron chi connectivity index (χ4n) is 16.5. The minimum absolute atomic E-state index is 0.460. The van der Waals surface area contributed by atoms with Crippen LogP contribution in [0.5, 0.6) is 0 Å². The normalized spacial score (nSPS) is 11.9. The van der Waals surface area contributed by atoms with E-state index in [-0.39, 0.29) is 0 Å². The molecule has 5 heterocycles. The summed E-state index contributed by atoms with van der Waals surface area (Å²) in [5, 5.41) is 18.9. The van der Waals surface area contributed by atoms with E-state index in [9.17, 15) is 0 Å². The van der Waals surface area contributed by atoms with Gasteiger partial charge >= 0.3 is 0 Å². The summed E-state index contributed by atoms with van der Waals surface area (Å²) in [6, 6.07) is 139. The summed E-state index contributed by atoms with van der Waals surface area (Å²) in [6.07, 6.45) is 8.58. The Morgan fingerprint density at radius 1 is 0.189 bits per heavy atom. The van der Waals surface area contributed by atoms with E-state index in [4.69, 9.17) is 4.42 Å². The van der Waals surface area contributed by atoms with Crippen molar-refractivity contribution in [3.05, 3.63) is 411 Å². The van der Waals surface area contributed by atoms with Gasteiger partial charge in [0.25, 0.3) is 0 Å². The Balaban J connectivity index is 0.510. The van der Waals surface area contributed by atoms with Crippen LogP contribution in [0.15, 0.2) is 393 Å². The molecule has 0 N–H and O–H groups in total. The standard InChI is InChI=1S/C102H68N8O/c1-9-25-93-85(17-1)86-18-2-10-26-94(86)107(93)81-61-53-77(54-62-81)105(78-55-63-82(64-56-78)108-95-27-11-3-19-87(95)88-20-4-12-28-96(88)108)75-49-41-71(42-50-75)35-33-69-37-45-73(46-38-69)101-103-104-102(111-101)74-47-39-70(40-48-74)34-36-72-43-51-76(52-44-72)106(79-57-65-83(66-58-79)109-97-29-13-5-21-89(97)90-22-6-14-30-98(90)109)80-59-67-84(68-60-80)110-99-31-15-7-23-91(99)92-24-8-16-32-100(92)110/h1-68H/b35-33+,36-34+. The first-order valence-electron chi connectivity index (χ1n) is 37.6. The maximum atomic E-state index is 6.33. The quantitative estimate of drug-likeness (QED) is 0.0902. The monoisotopic (exact) mass is 1420 g/mol. The first-order valence-corrected chi connectivity index (χ1v) is 37.6. The molecule has 0 aliphatic carbocycles. The number of aromatic nitrogens is 6. The molecule has 0 saturated heterocycles. The number of fused-ring (bicyclic) bond motifs is 12. The molecule has 0 saturated carbocycles. The fraction of sp³-hybridized carbons (Fsp3) is 0. The van der Waals surface area contributed by atoms with Gasteiger partial charge in [-0.2, -0.15) is 0 Å². The van der Waals surface area contributed by atoms with Gasteiger partial charge in [-0.05, 0) is 216 Å². The molecule has 0 fully saturated rings. The highest BCUT2D eigenvalue weighted by Gasteiger charge is 2.21. The average Bonchev–Trinajstić information content (AvgIpc) is 1.69. The second-order valence-electron chi connectivity index (χ2n) is 28.2. The lowest BCUT2D eigenvalue weighted by atomic mass is 10.1. The van der Waals surface area contributed by atoms with E-state index in [1.54, 1.807) is 0 Å². The van der Waals surface area contributed by atoms with Gasteiger partial charge in [0.1, 0.15) is 0 Å². The molecule has 21 aromatic rings. The van der Waals surface area contributed by atoms with Crippen LogP contribution in [0.2, 0.25) is 0 Å². The van der Waals surface area contributed by atoms with E-state index in [1.165, 1.54) is 87.2 Å². The molecule has 9 heteroatoms. The maximum Gasteiger partial charge on any atom is 0.248 e. The second-order valence-corrected chi connectivity index (χ2v) is 28.2. The third kappa shape index (κ3) is 11.4. The molecule has 0 atom stereocenters. The van der Waals surface area contributed by atoms with E-state index < -0.39 is 0 Å². The van der Waals surface area contributed by atoms with E-state index in [1.807, 2.05) is 24.3 Å². The minimum Gasteiger partial charge on any atom is -0.416 e. The number of benzene rings is 16. The summed E-state index contributed by atoms with van der Waals surface area (Å²) in [4.78, 5) is 4.68. The Morgan fingerprint density at radius 2 is 0.360 bits per heavy atom. The molecule has 0 spiro atoms. The molecule has 0 amide bonds. The van der Waals surface area contributed by atoms with Crippen molar-refractivity contribution in [2.24, 2.45) is 0 Å². The van der Waals surface area contributed by atoms with Crippen molar-refractivity contribution in [2.45, 2.75) is 0 Å². The number of anilines is 6. The zero-order chi connectivity index (χ0) is 73.3. The van der Waals surface area contributed by atoms with Gasteiger partial charge in [0, 0.05) is 111 Å². The van der Waals surface area contributed by atoms with Crippen LogP contribution in [0.25, 0.3) is 157 Å². The third-order valence-electron chi connectivity index (χ3n) is 21.8. The summed E-state index contributed by atoms with van der Waals surface area (Å²) in [7, 11) is 0. The molecule has 21 rings (SSSR count). The van der Waals surface area contributed by atoms with Gasteiger partial charge in [-0.3, -0.25) is 0 Å². The Morgan fingerprint density at radius 3 is 0.559 bits per heavy atom. The SMILES string of the molecule is C(=C\c1ccc(N(c2ccc(-n3c4ccccc4c4ccccc43)cc2)c2ccc(-n3c4ccccc4c4ccccc43)cc2)cc1)/c1ccc(-c2nnc(-c3ccc(/C=C/c4ccc(N(c5ccc(-n6c7ccccc7c7ccccc76)cc5)c5ccc(-n6c7ccccc7c7ccccc76)cc5)cc4)cc3)o2)cc1. The van der Waals surface area contributed by atoms with Crippen LogP contribution in [0.1, 0.15) is 22.3 Å². The number of hydrogen-bond donors (Lipinski definition) is 0. The Hall–Kier alpha value is -15.1. The zero-order valence-corrected chi connectivity index (χ0v) is 60.2. The van der Waals surface area contributed by atoms with E-state index in [0.717, 1.165) is 90.3 Å². The van der Waals surface area contributed by atoms with Crippen LogP contribution < -0.4 is 9.80 Å². The van der Waals surface area contributed by atoms with Gasteiger partial charge in [-0.15, -0.1) is 10.2 Å².